The Morgan fingerprint density at radius 2 is 2.00 bits per heavy atom. The molecule has 1 N–H and O–H groups in total. The second-order valence-electron chi connectivity index (χ2n) is 7.46. The fourth-order valence-electron chi connectivity index (χ4n) is 3.76. The Labute approximate surface area is 174 Å². The van der Waals surface area contributed by atoms with Gasteiger partial charge in [-0.1, -0.05) is 17.4 Å². The number of piperazine rings is 1. The van der Waals surface area contributed by atoms with Crippen molar-refractivity contribution in [1.29, 1.82) is 0 Å². The number of thiazole rings is 1. The molecule has 0 unspecified atom stereocenters. The normalized spacial score (nSPS) is 17.9. The monoisotopic (exact) mass is 408 g/mol. The largest absolute Gasteiger partial charge is 0.378 e. The van der Waals surface area contributed by atoms with Gasteiger partial charge in [0.15, 0.2) is 5.13 Å². The molecule has 29 heavy (non-hydrogen) atoms. The van der Waals surface area contributed by atoms with E-state index in [9.17, 15) is 0 Å². The summed E-state index contributed by atoms with van der Waals surface area (Å²) >= 11 is 1.61. The second kappa shape index (κ2) is 8.06. The van der Waals surface area contributed by atoms with Crippen LogP contribution in [0.4, 0.5) is 16.6 Å². The lowest BCUT2D eigenvalue weighted by molar-refractivity contribution is -0.0660. The lowest BCUT2D eigenvalue weighted by Gasteiger charge is -2.43. The van der Waals surface area contributed by atoms with Crippen molar-refractivity contribution in [2.75, 3.05) is 49.6 Å². The molecule has 150 valence electrons. The highest BCUT2D eigenvalue weighted by atomic mass is 32.1. The zero-order chi connectivity index (χ0) is 19.6. The zero-order valence-corrected chi connectivity index (χ0v) is 17.2. The van der Waals surface area contributed by atoms with E-state index in [2.05, 4.69) is 42.2 Å². The Morgan fingerprint density at radius 3 is 2.72 bits per heavy atom. The number of nitrogens with one attached hydrogen (secondary N) is 1. The number of ether oxygens (including phenoxy) is 1. The van der Waals surface area contributed by atoms with Gasteiger partial charge in [-0.15, -0.1) is 0 Å². The quantitative estimate of drug-likeness (QED) is 0.695. The van der Waals surface area contributed by atoms with Crippen LogP contribution in [-0.2, 0) is 4.74 Å². The highest BCUT2D eigenvalue weighted by Gasteiger charge is 2.29. The first-order chi connectivity index (χ1) is 14.2. The molecule has 0 amide bonds. The van der Waals surface area contributed by atoms with Crippen molar-refractivity contribution in [2.24, 2.45) is 0 Å². The minimum atomic E-state index is 0.618. The van der Waals surface area contributed by atoms with Gasteiger partial charge >= 0.3 is 0 Å². The van der Waals surface area contributed by atoms with Crippen molar-refractivity contribution in [3.63, 3.8) is 0 Å². The van der Waals surface area contributed by atoms with Gasteiger partial charge in [0.1, 0.15) is 5.82 Å². The van der Waals surface area contributed by atoms with E-state index in [4.69, 9.17) is 4.74 Å². The number of anilines is 3. The first-order valence-corrected chi connectivity index (χ1v) is 10.7. The van der Waals surface area contributed by atoms with Gasteiger partial charge in [-0.3, -0.25) is 9.88 Å². The molecule has 0 spiro atoms. The van der Waals surface area contributed by atoms with Crippen molar-refractivity contribution in [3.05, 3.63) is 48.5 Å². The molecule has 0 atom stereocenters. The summed E-state index contributed by atoms with van der Waals surface area (Å²) in [5.74, 6) is 0.835. The molecule has 8 heteroatoms. The summed E-state index contributed by atoms with van der Waals surface area (Å²) < 4.78 is 5.34. The van der Waals surface area contributed by atoms with Crippen LogP contribution in [0.15, 0.2) is 42.9 Å². The van der Waals surface area contributed by atoms with Crippen LogP contribution in [-0.4, -0.2) is 65.3 Å². The standard InChI is InChI=1S/C21H24N6OS/c1-15-9-17(26-5-7-27(8-6-26)18-13-28-14-18)10-20(24-15)25-21-23-12-19(29-21)16-3-2-4-22-11-16/h2-4,9-12,18H,5-8,13-14H2,1H3,(H,23,24,25). The first-order valence-electron chi connectivity index (χ1n) is 9.93. The molecule has 7 nitrogen and oxygen atoms in total. The topological polar surface area (TPSA) is 66.4 Å². The Balaban J connectivity index is 1.28. The average molecular weight is 409 g/mol. The lowest BCUT2D eigenvalue weighted by atomic mass is 10.1. The van der Waals surface area contributed by atoms with Gasteiger partial charge in [-0.25, -0.2) is 9.97 Å². The Hall–Kier alpha value is -2.55. The van der Waals surface area contributed by atoms with Crippen molar-refractivity contribution in [3.8, 4) is 10.4 Å². The van der Waals surface area contributed by atoms with Gasteiger partial charge in [0.2, 0.25) is 0 Å². The number of aromatic nitrogens is 3. The van der Waals surface area contributed by atoms with Gasteiger partial charge in [0.05, 0.1) is 24.1 Å². The average Bonchev–Trinajstić information content (AvgIpc) is 3.16. The smallest absolute Gasteiger partial charge is 0.188 e. The van der Waals surface area contributed by atoms with Gasteiger partial charge < -0.3 is 15.0 Å². The number of nitrogens with zero attached hydrogens (tertiary/aromatic N) is 5. The number of aryl methyl sites for hydroxylation is 1. The van der Waals surface area contributed by atoms with Gasteiger partial charge in [-0.2, -0.15) is 0 Å². The van der Waals surface area contributed by atoms with Crippen molar-refractivity contribution >= 4 is 28.0 Å². The van der Waals surface area contributed by atoms with E-state index in [-0.39, 0.29) is 0 Å². The van der Waals surface area contributed by atoms with E-state index < -0.39 is 0 Å². The highest BCUT2D eigenvalue weighted by molar-refractivity contribution is 7.18. The summed E-state index contributed by atoms with van der Waals surface area (Å²) in [5, 5.41) is 4.22. The summed E-state index contributed by atoms with van der Waals surface area (Å²) in [6, 6.07) is 8.89. The zero-order valence-electron chi connectivity index (χ0n) is 16.4. The van der Waals surface area contributed by atoms with Crippen molar-refractivity contribution in [1.82, 2.24) is 19.9 Å². The minimum absolute atomic E-state index is 0.618. The Morgan fingerprint density at radius 1 is 1.14 bits per heavy atom. The molecule has 3 aromatic rings. The van der Waals surface area contributed by atoms with Crippen LogP contribution in [0, 0.1) is 6.92 Å². The van der Waals surface area contributed by atoms with Gasteiger partial charge in [0, 0.05) is 67.8 Å². The molecule has 2 saturated heterocycles. The molecule has 0 aliphatic carbocycles. The molecule has 0 saturated carbocycles. The second-order valence-corrected chi connectivity index (χ2v) is 8.49. The molecule has 0 radical (unpaired) electrons. The summed E-state index contributed by atoms with van der Waals surface area (Å²) in [7, 11) is 0. The van der Waals surface area contributed by atoms with E-state index in [1.165, 1.54) is 5.69 Å². The van der Waals surface area contributed by atoms with Crippen LogP contribution in [0.3, 0.4) is 0 Å². The molecular weight excluding hydrogens is 384 g/mol. The SMILES string of the molecule is Cc1cc(N2CCN(C3COC3)CC2)cc(Nc2ncc(-c3cccnc3)s2)n1. The molecule has 5 rings (SSSR count). The molecule has 2 aliphatic heterocycles. The van der Waals surface area contributed by atoms with E-state index in [0.29, 0.717) is 6.04 Å². The third kappa shape index (κ3) is 4.10. The number of hydrogen-bond donors (Lipinski definition) is 1. The van der Waals surface area contributed by atoms with E-state index >= 15 is 0 Å². The maximum absolute atomic E-state index is 5.34. The molecule has 2 fully saturated rings. The van der Waals surface area contributed by atoms with E-state index in [0.717, 1.165) is 66.5 Å². The summed E-state index contributed by atoms with van der Waals surface area (Å²) in [6.45, 7) is 8.04. The van der Waals surface area contributed by atoms with E-state index in [1.807, 2.05) is 31.5 Å². The maximum atomic E-state index is 5.34. The Kier molecular flexibility index (Phi) is 5.13. The van der Waals surface area contributed by atoms with Crippen LogP contribution in [0.1, 0.15) is 5.69 Å². The molecule has 5 heterocycles. The van der Waals surface area contributed by atoms with Crippen molar-refractivity contribution < 1.29 is 4.74 Å². The van der Waals surface area contributed by atoms with Crippen LogP contribution in [0.2, 0.25) is 0 Å². The first kappa shape index (κ1) is 18.5. The van der Waals surface area contributed by atoms with Crippen LogP contribution in [0.5, 0.6) is 0 Å². The fraction of sp³-hybridized carbons (Fsp3) is 0.381. The van der Waals surface area contributed by atoms with Crippen molar-refractivity contribution in [2.45, 2.75) is 13.0 Å². The number of pyridine rings is 2. The molecule has 2 aliphatic rings. The predicted octanol–water partition coefficient (Wildman–Crippen LogP) is 3.17. The number of hydrogen-bond acceptors (Lipinski definition) is 8. The van der Waals surface area contributed by atoms with Gasteiger partial charge in [-0.05, 0) is 19.1 Å². The Bertz CT molecular complexity index is 966. The molecule has 0 bridgehead atoms. The van der Waals surface area contributed by atoms with Crippen LogP contribution in [0.25, 0.3) is 10.4 Å². The number of rotatable bonds is 5. The molecule has 3 aromatic heterocycles. The maximum Gasteiger partial charge on any atom is 0.188 e. The fourth-order valence-corrected chi connectivity index (χ4v) is 4.57. The van der Waals surface area contributed by atoms with Crippen LogP contribution < -0.4 is 10.2 Å². The third-order valence-electron chi connectivity index (χ3n) is 5.44. The molecular formula is C21H24N6OS. The summed E-state index contributed by atoms with van der Waals surface area (Å²) in [5.41, 5.74) is 3.29. The van der Waals surface area contributed by atoms with Gasteiger partial charge in [0.25, 0.3) is 0 Å². The van der Waals surface area contributed by atoms with Crippen LogP contribution >= 0.6 is 11.3 Å². The summed E-state index contributed by atoms with van der Waals surface area (Å²) in [4.78, 5) is 19.4. The molecule has 0 aromatic carbocycles. The summed E-state index contributed by atoms with van der Waals surface area (Å²) in [6.07, 6.45) is 5.52. The third-order valence-corrected chi connectivity index (χ3v) is 6.40. The highest BCUT2D eigenvalue weighted by Crippen LogP contribution is 2.31. The predicted molar refractivity (Wildman–Crippen MR) is 116 cm³/mol. The lowest BCUT2D eigenvalue weighted by Crippen LogP contribution is -2.56. The van der Waals surface area contributed by atoms with E-state index in [1.54, 1.807) is 17.5 Å². The minimum Gasteiger partial charge on any atom is -0.378 e.